The number of nitrogens with zero attached hydrogens (tertiary/aromatic N) is 2. The van der Waals surface area contributed by atoms with E-state index in [9.17, 15) is 27.9 Å². The third-order valence-electron chi connectivity index (χ3n) is 7.07. The summed E-state index contributed by atoms with van der Waals surface area (Å²) in [5.41, 5.74) is 0.370. The summed E-state index contributed by atoms with van der Waals surface area (Å²) in [4.78, 5) is 30.0. The van der Waals surface area contributed by atoms with Crippen LogP contribution in [0.2, 0.25) is 0 Å². The Balaban J connectivity index is 2.42. The zero-order chi connectivity index (χ0) is 29.9. The van der Waals surface area contributed by atoms with Crippen molar-refractivity contribution >= 4 is 17.5 Å². The number of rotatable bonds is 9. The SMILES string of the molecule is CCCN(C)C[C@H]1OCCCC[C@H](C)Oc2ccc(NC(=O)CCC(F)(F)F)cc2C(=O)N([C@H](C)CO)C[C@@H]1C. The third kappa shape index (κ3) is 11.2. The number of anilines is 1. The van der Waals surface area contributed by atoms with E-state index in [1.54, 1.807) is 17.9 Å². The fourth-order valence-corrected chi connectivity index (χ4v) is 4.72. The number of benzene rings is 1. The fourth-order valence-electron chi connectivity index (χ4n) is 4.72. The van der Waals surface area contributed by atoms with Crippen LogP contribution in [0.3, 0.4) is 0 Å². The number of fused-ring (bicyclic) bond motifs is 1. The Bertz CT molecular complexity index is 946. The molecule has 0 aromatic heterocycles. The van der Waals surface area contributed by atoms with Crippen molar-refractivity contribution in [1.29, 1.82) is 0 Å². The lowest BCUT2D eigenvalue weighted by Crippen LogP contribution is -2.47. The first kappa shape index (κ1) is 33.8. The van der Waals surface area contributed by atoms with Crippen molar-refractivity contribution in [3.63, 3.8) is 0 Å². The molecule has 0 aliphatic carbocycles. The fraction of sp³-hybridized carbons (Fsp3) is 0.724. The zero-order valence-electron chi connectivity index (χ0n) is 24.4. The summed E-state index contributed by atoms with van der Waals surface area (Å²) < 4.78 is 50.2. The lowest BCUT2D eigenvalue weighted by molar-refractivity contribution is -0.142. The van der Waals surface area contributed by atoms with Gasteiger partial charge < -0.3 is 29.7 Å². The van der Waals surface area contributed by atoms with Crippen LogP contribution in [-0.2, 0) is 9.53 Å². The second kappa shape index (κ2) is 16.2. The molecule has 1 aliphatic rings. The number of alkyl halides is 3. The summed E-state index contributed by atoms with van der Waals surface area (Å²) >= 11 is 0. The number of aliphatic hydroxyl groups is 1. The normalized spacial score (nSPS) is 22.3. The first-order valence-electron chi connectivity index (χ1n) is 14.2. The number of aliphatic hydroxyl groups excluding tert-OH is 1. The van der Waals surface area contributed by atoms with E-state index >= 15 is 0 Å². The molecule has 1 aromatic carbocycles. The minimum Gasteiger partial charge on any atom is -0.490 e. The topological polar surface area (TPSA) is 91.3 Å². The maximum atomic E-state index is 14.0. The van der Waals surface area contributed by atoms with Gasteiger partial charge >= 0.3 is 6.18 Å². The highest BCUT2D eigenvalue weighted by Gasteiger charge is 2.31. The van der Waals surface area contributed by atoms with Crippen molar-refractivity contribution in [1.82, 2.24) is 9.80 Å². The number of carbonyl (C=O) groups excluding carboxylic acids is 2. The van der Waals surface area contributed by atoms with Gasteiger partial charge in [0.1, 0.15) is 5.75 Å². The van der Waals surface area contributed by atoms with Crippen LogP contribution in [0.4, 0.5) is 18.9 Å². The van der Waals surface area contributed by atoms with E-state index in [2.05, 4.69) is 17.1 Å². The van der Waals surface area contributed by atoms with Gasteiger partial charge in [-0.05, 0) is 71.3 Å². The van der Waals surface area contributed by atoms with Gasteiger partial charge in [0, 0.05) is 37.7 Å². The van der Waals surface area contributed by atoms with Crippen molar-refractivity contribution in [2.45, 2.75) is 90.6 Å². The lowest BCUT2D eigenvalue weighted by atomic mass is 10.0. The molecule has 0 fully saturated rings. The van der Waals surface area contributed by atoms with E-state index in [4.69, 9.17) is 9.47 Å². The van der Waals surface area contributed by atoms with Gasteiger partial charge in [0.25, 0.3) is 5.91 Å². The molecule has 1 heterocycles. The molecule has 0 radical (unpaired) electrons. The molecule has 2 N–H and O–H groups in total. The van der Waals surface area contributed by atoms with Crippen molar-refractivity contribution in [2.75, 3.05) is 45.2 Å². The quantitative estimate of drug-likeness (QED) is 0.427. The van der Waals surface area contributed by atoms with E-state index in [1.165, 1.54) is 12.1 Å². The second-order valence-electron chi connectivity index (χ2n) is 10.9. The van der Waals surface area contributed by atoms with Crippen LogP contribution < -0.4 is 10.1 Å². The van der Waals surface area contributed by atoms with Crippen LogP contribution in [-0.4, -0.2) is 91.0 Å². The summed E-state index contributed by atoms with van der Waals surface area (Å²) in [6, 6.07) is 3.99. The Morgan fingerprint density at radius 3 is 2.65 bits per heavy atom. The number of likely N-dealkylation sites (N-methyl/N-ethyl adjacent to an activating group) is 1. The molecule has 4 atom stereocenters. The summed E-state index contributed by atoms with van der Waals surface area (Å²) in [6.45, 7) is 10.1. The maximum absolute atomic E-state index is 14.0. The number of carbonyl (C=O) groups is 2. The van der Waals surface area contributed by atoms with Gasteiger partial charge in [0.15, 0.2) is 0 Å². The predicted molar refractivity (Wildman–Crippen MR) is 149 cm³/mol. The molecule has 8 nitrogen and oxygen atoms in total. The summed E-state index contributed by atoms with van der Waals surface area (Å²) in [5, 5.41) is 12.5. The average molecular weight is 574 g/mol. The molecule has 1 aromatic rings. The van der Waals surface area contributed by atoms with Gasteiger partial charge in [-0.25, -0.2) is 0 Å². The maximum Gasteiger partial charge on any atom is 0.389 e. The molecule has 0 saturated heterocycles. The number of ether oxygens (including phenoxy) is 2. The van der Waals surface area contributed by atoms with E-state index in [0.29, 0.717) is 25.4 Å². The summed E-state index contributed by atoms with van der Waals surface area (Å²) in [5.74, 6) is -0.945. The molecule has 11 heteroatoms. The first-order valence-corrected chi connectivity index (χ1v) is 14.2. The molecule has 0 unspecified atom stereocenters. The molecule has 40 heavy (non-hydrogen) atoms. The molecule has 228 valence electrons. The number of amides is 2. The zero-order valence-corrected chi connectivity index (χ0v) is 24.4. The third-order valence-corrected chi connectivity index (χ3v) is 7.07. The molecule has 1 aliphatic heterocycles. The van der Waals surface area contributed by atoms with E-state index in [0.717, 1.165) is 32.2 Å². The largest absolute Gasteiger partial charge is 0.490 e. The van der Waals surface area contributed by atoms with Gasteiger partial charge in [0.2, 0.25) is 5.91 Å². The van der Waals surface area contributed by atoms with Crippen LogP contribution in [0.5, 0.6) is 5.75 Å². The molecule has 0 bridgehead atoms. The summed E-state index contributed by atoms with van der Waals surface area (Å²) in [7, 11) is 2.05. The van der Waals surface area contributed by atoms with Crippen LogP contribution in [0, 0.1) is 5.92 Å². The minimum atomic E-state index is -4.45. The highest BCUT2D eigenvalue weighted by atomic mass is 19.4. The summed E-state index contributed by atoms with van der Waals surface area (Å²) in [6.07, 6.45) is -3.27. The van der Waals surface area contributed by atoms with Crippen LogP contribution in [0.1, 0.15) is 76.6 Å². The van der Waals surface area contributed by atoms with Crippen molar-refractivity contribution in [3.8, 4) is 5.75 Å². The van der Waals surface area contributed by atoms with Gasteiger partial charge in [-0.3, -0.25) is 9.59 Å². The predicted octanol–water partition coefficient (Wildman–Crippen LogP) is 5.10. The van der Waals surface area contributed by atoms with E-state index in [-0.39, 0.29) is 36.0 Å². The van der Waals surface area contributed by atoms with Gasteiger partial charge in [0.05, 0.1) is 36.8 Å². The Morgan fingerprint density at radius 1 is 1.27 bits per heavy atom. The highest BCUT2D eigenvalue weighted by Crippen LogP contribution is 2.29. The monoisotopic (exact) mass is 573 g/mol. The van der Waals surface area contributed by atoms with Gasteiger partial charge in [-0.2, -0.15) is 13.2 Å². The standard InChI is InChI=1S/C29H46F3N3O5/c1-6-14-34(5)18-26-20(2)17-35(21(3)19-36)28(38)24-16-23(33-27(37)12-13-29(30,31)32)10-11-25(24)40-22(4)9-7-8-15-39-26/h10-11,16,20-22,26,36H,6-9,12-15,17-19H2,1-5H3,(H,33,37)/t20-,21+,22-,26+/m0/s1. The molecule has 2 amide bonds. The number of hydrogen-bond acceptors (Lipinski definition) is 6. The molecular formula is C29H46F3N3O5. The lowest BCUT2D eigenvalue weighted by Gasteiger charge is -2.35. The number of nitrogens with one attached hydrogen (secondary N) is 1. The van der Waals surface area contributed by atoms with Crippen LogP contribution in [0.15, 0.2) is 18.2 Å². The molecular weight excluding hydrogens is 527 g/mol. The van der Waals surface area contributed by atoms with Crippen LogP contribution >= 0.6 is 0 Å². The Labute approximate surface area is 236 Å². The number of halogens is 3. The van der Waals surface area contributed by atoms with Crippen molar-refractivity contribution < 1.29 is 37.3 Å². The van der Waals surface area contributed by atoms with E-state index in [1.807, 2.05) is 20.9 Å². The average Bonchev–Trinajstić information content (AvgIpc) is 2.88. The Hall–Kier alpha value is -2.37. The van der Waals surface area contributed by atoms with Crippen molar-refractivity contribution in [3.05, 3.63) is 23.8 Å². The Kier molecular flexibility index (Phi) is 13.7. The van der Waals surface area contributed by atoms with Gasteiger partial charge in [-0.1, -0.05) is 13.8 Å². The van der Waals surface area contributed by atoms with Gasteiger partial charge in [-0.15, -0.1) is 0 Å². The minimum absolute atomic E-state index is 0.0613. The first-order chi connectivity index (χ1) is 18.8. The van der Waals surface area contributed by atoms with Crippen molar-refractivity contribution in [2.24, 2.45) is 5.92 Å². The molecule has 0 saturated carbocycles. The smallest absolute Gasteiger partial charge is 0.389 e. The number of hydrogen-bond donors (Lipinski definition) is 2. The highest BCUT2D eigenvalue weighted by molar-refractivity contribution is 5.99. The Morgan fingerprint density at radius 2 is 2.00 bits per heavy atom. The van der Waals surface area contributed by atoms with E-state index < -0.39 is 36.9 Å². The molecule has 0 spiro atoms. The molecule has 2 rings (SSSR count). The second-order valence-corrected chi connectivity index (χ2v) is 10.9. The van der Waals surface area contributed by atoms with Crippen LogP contribution in [0.25, 0.3) is 0 Å².